The summed E-state index contributed by atoms with van der Waals surface area (Å²) >= 11 is 6.54. The largest absolute Gasteiger partial charge is 0.342 e. The van der Waals surface area contributed by atoms with Gasteiger partial charge in [-0.25, -0.2) is 4.98 Å². The van der Waals surface area contributed by atoms with E-state index >= 15 is 0 Å². The van der Waals surface area contributed by atoms with Gasteiger partial charge in [0.15, 0.2) is 0 Å². The third-order valence-corrected chi connectivity index (χ3v) is 3.34. The molecule has 0 fully saturated rings. The van der Waals surface area contributed by atoms with Gasteiger partial charge in [0.1, 0.15) is 21.4 Å². The molecule has 0 saturated heterocycles. The zero-order chi connectivity index (χ0) is 11.5. The molecule has 3 nitrogen and oxygen atoms in total. The van der Waals surface area contributed by atoms with Gasteiger partial charge >= 0.3 is 0 Å². The zero-order valence-electron chi connectivity index (χ0n) is 8.65. The Morgan fingerprint density at radius 2 is 2.38 bits per heavy atom. The first-order chi connectivity index (χ1) is 7.72. The van der Waals surface area contributed by atoms with Crippen molar-refractivity contribution < 1.29 is 0 Å². The van der Waals surface area contributed by atoms with Gasteiger partial charge in [0.25, 0.3) is 0 Å². The minimum atomic E-state index is 0.581. The summed E-state index contributed by atoms with van der Waals surface area (Å²) in [6.07, 6.45) is 0.813. The smallest absolute Gasteiger partial charge is 0.130 e. The fourth-order valence-corrected chi connectivity index (χ4v) is 2.35. The van der Waals surface area contributed by atoms with E-state index in [0.29, 0.717) is 9.52 Å². The summed E-state index contributed by atoms with van der Waals surface area (Å²) in [6, 6.07) is 7.67. The van der Waals surface area contributed by atoms with Crippen LogP contribution in [0, 0.1) is 16.0 Å². The molecule has 0 atom stereocenters. The van der Waals surface area contributed by atoms with Crippen molar-refractivity contribution in [2.75, 3.05) is 0 Å². The maximum Gasteiger partial charge on any atom is 0.130 e. The minimum absolute atomic E-state index is 0.581. The fraction of sp³-hybridized carbons (Fsp3) is 0.182. The number of rotatable bonds is 2. The number of aryl methyl sites for hydroxylation is 1. The molecule has 5 heteroatoms. The van der Waals surface area contributed by atoms with Crippen molar-refractivity contribution >= 4 is 23.6 Å². The molecule has 0 amide bonds. The third-order valence-electron chi connectivity index (χ3n) is 2.11. The van der Waals surface area contributed by atoms with Crippen molar-refractivity contribution in [3.05, 3.63) is 33.5 Å². The lowest BCUT2D eigenvalue weighted by atomic mass is 10.3. The molecule has 2 heterocycles. The average Bonchev–Trinajstić information content (AvgIpc) is 2.76. The highest BCUT2D eigenvalue weighted by molar-refractivity contribution is 7.71. The van der Waals surface area contributed by atoms with Crippen LogP contribution in [-0.2, 0) is 6.42 Å². The van der Waals surface area contributed by atoms with Crippen LogP contribution in [-0.4, -0.2) is 9.97 Å². The Bertz CT molecular complexity index is 604. The summed E-state index contributed by atoms with van der Waals surface area (Å²) in [5.74, 6) is 0.870. The molecule has 0 aromatic carbocycles. The van der Waals surface area contributed by atoms with E-state index in [-0.39, 0.29) is 0 Å². The molecule has 0 radical (unpaired) electrons. The predicted octanol–water partition coefficient (Wildman–Crippen LogP) is 3.30. The predicted molar refractivity (Wildman–Crippen MR) is 66.8 cm³/mol. The number of aromatic nitrogens is 2. The van der Waals surface area contributed by atoms with Crippen molar-refractivity contribution in [1.82, 2.24) is 9.97 Å². The maximum atomic E-state index is 8.77. The number of H-pyrrole nitrogens is 1. The standard InChI is InChI=1S/C11H9N3S2/c1-2-10-13-8(5-11(15)14-10)9-4-3-7(6-12)16-9/h3-5H,2H2,1H3,(H,13,14,15). The number of nitrogens with one attached hydrogen (secondary N) is 1. The van der Waals surface area contributed by atoms with Gasteiger partial charge in [-0.1, -0.05) is 19.1 Å². The molecule has 1 N–H and O–H groups in total. The van der Waals surface area contributed by atoms with Crippen LogP contribution in [0.5, 0.6) is 0 Å². The molecular weight excluding hydrogens is 238 g/mol. The Morgan fingerprint density at radius 3 is 3.00 bits per heavy atom. The lowest BCUT2D eigenvalue weighted by Crippen LogP contribution is -1.94. The average molecular weight is 247 g/mol. The Balaban J connectivity index is 2.51. The second kappa shape index (κ2) is 4.56. The first-order valence-electron chi connectivity index (χ1n) is 4.83. The Kier molecular flexibility index (Phi) is 3.13. The van der Waals surface area contributed by atoms with Crippen molar-refractivity contribution in [2.45, 2.75) is 13.3 Å². The van der Waals surface area contributed by atoms with Gasteiger partial charge < -0.3 is 4.98 Å². The van der Waals surface area contributed by atoms with Crippen molar-refractivity contribution in [2.24, 2.45) is 0 Å². The Morgan fingerprint density at radius 1 is 1.56 bits per heavy atom. The Labute approximate surface area is 102 Å². The molecule has 0 aliphatic carbocycles. The van der Waals surface area contributed by atoms with Crippen molar-refractivity contribution in [3.63, 3.8) is 0 Å². The summed E-state index contributed by atoms with van der Waals surface area (Å²) < 4.78 is 0.581. The van der Waals surface area contributed by atoms with Gasteiger partial charge in [-0.2, -0.15) is 5.26 Å². The number of aromatic amines is 1. The number of nitrogens with zero attached hydrogens (tertiary/aromatic N) is 2. The van der Waals surface area contributed by atoms with Gasteiger partial charge in [0.2, 0.25) is 0 Å². The molecule has 0 aliphatic heterocycles. The zero-order valence-corrected chi connectivity index (χ0v) is 10.3. The lowest BCUT2D eigenvalue weighted by molar-refractivity contribution is 0.937. The van der Waals surface area contributed by atoms with E-state index < -0.39 is 0 Å². The summed E-state index contributed by atoms with van der Waals surface area (Å²) in [4.78, 5) is 9.13. The van der Waals surface area contributed by atoms with Gasteiger partial charge in [-0.05, 0) is 18.2 Å². The van der Waals surface area contributed by atoms with E-state index in [1.54, 1.807) is 0 Å². The summed E-state index contributed by atoms with van der Waals surface area (Å²) in [5.41, 5.74) is 0.934. The van der Waals surface area contributed by atoms with Crippen LogP contribution in [0.25, 0.3) is 10.6 Å². The van der Waals surface area contributed by atoms with E-state index in [2.05, 4.69) is 16.0 Å². The maximum absolute atomic E-state index is 8.77. The fourth-order valence-electron chi connectivity index (χ4n) is 1.35. The molecule has 2 rings (SSSR count). The summed E-state index contributed by atoms with van der Waals surface area (Å²) in [6.45, 7) is 2.02. The topological polar surface area (TPSA) is 52.5 Å². The van der Waals surface area contributed by atoms with E-state index in [9.17, 15) is 0 Å². The van der Waals surface area contributed by atoms with E-state index in [4.69, 9.17) is 17.5 Å². The van der Waals surface area contributed by atoms with Crippen molar-refractivity contribution in [1.29, 1.82) is 5.26 Å². The highest BCUT2D eigenvalue weighted by atomic mass is 32.1. The minimum Gasteiger partial charge on any atom is -0.342 e. The quantitative estimate of drug-likeness (QED) is 0.828. The van der Waals surface area contributed by atoms with E-state index in [1.165, 1.54) is 11.3 Å². The molecule has 0 spiro atoms. The third kappa shape index (κ3) is 2.18. The second-order valence-corrected chi connectivity index (χ2v) is 4.71. The SMILES string of the molecule is CCc1nc(=S)cc(-c2ccc(C#N)s2)[nH]1. The molecule has 2 aromatic heterocycles. The first-order valence-corrected chi connectivity index (χ1v) is 6.06. The van der Waals surface area contributed by atoms with E-state index in [1.807, 2.05) is 25.1 Å². The second-order valence-electron chi connectivity index (χ2n) is 3.21. The number of hydrogen-bond donors (Lipinski definition) is 1. The molecule has 0 bridgehead atoms. The lowest BCUT2D eigenvalue weighted by Gasteiger charge is -2.01. The highest BCUT2D eigenvalue weighted by Gasteiger charge is 2.04. The molecule has 0 unspecified atom stereocenters. The first kappa shape index (κ1) is 11.0. The number of nitriles is 1. The van der Waals surface area contributed by atoms with Gasteiger partial charge in [0.05, 0.1) is 10.6 Å². The Hall–Kier alpha value is -1.51. The van der Waals surface area contributed by atoms with Crippen LogP contribution in [0.15, 0.2) is 18.2 Å². The van der Waals surface area contributed by atoms with Crippen LogP contribution < -0.4 is 0 Å². The molecule has 0 aliphatic rings. The molecular formula is C11H9N3S2. The van der Waals surface area contributed by atoms with Gasteiger partial charge in [0, 0.05) is 6.42 Å². The van der Waals surface area contributed by atoms with Crippen LogP contribution in [0.2, 0.25) is 0 Å². The van der Waals surface area contributed by atoms with Crippen LogP contribution in [0.1, 0.15) is 17.6 Å². The highest BCUT2D eigenvalue weighted by Crippen LogP contribution is 2.26. The van der Waals surface area contributed by atoms with Crippen LogP contribution in [0.4, 0.5) is 0 Å². The van der Waals surface area contributed by atoms with E-state index in [0.717, 1.165) is 22.8 Å². The molecule has 80 valence electrons. The summed E-state index contributed by atoms with van der Waals surface area (Å²) in [7, 11) is 0. The summed E-state index contributed by atoms with van der Waals surface area (Å²) in [5, 5.41) is 8.77. The van der Waals surface area contributed by atoms with Crippen LogP contribution >= 0.6 is 23.6 Å². The van der Waals surface area contributed by atoms with Crippen molar-refractivity contribution in [3.8, 4) is 16.6 Å². The molecule has 2 aromatic rings. The van der Waals surface area contributed by atoms with Crippen LogP contribution in [0.3, 0.4) is 0 Å². The molecule has 0 saturated carbocycles. The molecule has 16 heavy (non-hydrogen) atoms. The van der Waals surface area contributed by atoms with Gasteiger partial charge in [-0.15, -0.1) is 11.3 Å². The number of hydrogen-bond acceptors (Lipinski definition) is 4. The number of thiophene rings is 1. The monoisotopic (exact) mass is 247 g/mol. The van der Waals surface area contributed by atoms with Gasteiger partial charge in [-0.3, -0.25) is 0 Å². The normalized spacial score (nSPS) is 10.0.